The first-order valence-electron chi connectivity index (χ1n) is 22.4. The van der Waals surface area contributed by atoms with Gasteiger partial charge in [0, 0.05) is 39.2 Å². The lowest BCUT2D eigenvalue weighted by molar-refractivity contribution is 0.436. The van der Waals surface area contributed by atoms with Crippen LogP contribution in [0.2, 0.25) is 0 Å². The van der Waals surface area contributed by atoms with Crippen LogP contribution < -0.4 is 14.4 Å². The van der Waals surface area contributed by atoms with E-state index in [0.29, 0.717) is 0 Å². The number of fused-ring (bicyclic) bond motifs is 18. The van der Waals surface area contributed by atoms with Crippen molar-refractivity contribution in [3.8, 4) is 56.4 Å². The molecule has 65 heavy (non-hydrogen) atoms. The Labute approximate surface area is 378 Å². The molecule has 0 N–H and O–H groups in total. The lowest BCUT2D eigenvalue weighted by atomic mass is 9.66. The number of rotatable bonds is 4. The maximum absolute atomic E-state index is 6.67. The smallest absolute Gasteiger partial charge is 0.132 e. The predicted molar refractivity (Wildman–Crippen MR) is 261 cm³/mol. The largest absolute Gasteiger partial charge is 0.457 e. The maximum atomic E-state index is 6.67. The number of para-hydroxylation sites is 5. The van der Waals surface area contributed by atoms with Crippen LogP contribution in [0.5, 0.6) is 23.0 Å². The number of ether oxygens (including phenoxy) is 2. The molecule has 14 rings (SSSR count). The van der Waals surface area contributed by atoms with Crippen molar-refractivity contribution in [2.75, 3.05) is 4.90 Å². The highest BCUT2D eigenvalue weighted by Crippen LogP contribution is 2.65. The van der Waals surface area contributed by atoms with Gasteiger partial charge in [0.15, 0.2) is 0 Å². The van der Waals surface area contributed by atoms with Crippen molar-refractivity contribution in [2.45, 2.75) is 10.8 Å². The van der Waals surface area contributed by atoms with E-state index < -0.39 is 10.8 Å². The molecule has 2 spiro atoms. The number of nitrogens with zero attached hydrogens (tertiary/aromatic N) is 1. The van der Waals surface area contributed by atoms with Crippen LogP contribution in [0.15, 0.2) is 237 Å². The third-order valence-corrected chi connectivity index (χ3v) is 14.4. The highest BCUT2D eigenvalue weighted by Gasteiger charge is 2.53. The molecule has 0 atom stereocenters. The fourth-order valence-electron chi connectivity index (χ4n) is 11.9. The van der Waals surface area contributed by atoms with Gasteiger partial charge in [0.1, 0.15) is 23.0 Å². The van der Waals surface area contributed by atoms with E-state index in [4.69, 9.17) is 9.47 Å². The standard InChI is InChI=1S/C62H39NO2/c1-2-19-42(20-3-1)63(55-31-17-30-53-60(55)46-23-5-7-25-48(46)61(53)49-26-8-12-32-56(49)64-57-33-13-9-27-50(57)61)43-21-16-18-40(38-43)41-36-37-45-44-22-4-6-24-47(44)62(54(45)39-41)51-28-10-14-34-58(51)65-59-35-15-11-29-52(59)62/h1-39H. The van der Waals surface area contributed by atoms with E-state index in [1.807, 2.05) is 0 Å². The molecule has 10 aromatic carbocycles. The van der Waals surface area contributed by atoms with Crippen molar-refractivity contribution < 1.29 is 9.47 Å². The van der Waals surface area contributed by atoms with Gasteiger partial charge in [0.25, 0.3) is 0 Å². The van der Waals surface area contributed by atoms with E-state index in [2.05, 4.69) is 241 Å². The van der Waals surface area contributed by atoms with Gasteiger partial charge in [-0.1, -0.05) is 176 Å². The summed E-state index contributed by atoms with van der Waals surface area (Å²) in [5, 5.41) is 0. The lowest BCUT2D eigenvalue weighted by Crippen LogP contribution is -2.32. The fraction of sp³-hybridized carbons (Fsp3) is 0.0323. The monoisotopic (exact) mass is 829 g/mol. The molecule has 2 heterocycles. The van der Waals surface area contributed by atoms with Crippen LogP contribution in [-0.2, 0) is 10.8 Å². The number of benzene rings is 10. The van der Waals surface area contributed by atoms with Gasteiger partial charge in [0.2, 0.25) is 0 Å². The molecule has 0 unspecified atom stereocenters. The minimum Gasteiger partial charge on any atom is -0.457 e. The molecule has 10 aromatic rings. The number of hydrogen-bond acceptors (Lipinski definition) is 3. The second-order valence-corrected chi connectivity index (χ2v) is 17.5. The Hall–Kier alpha value is -8.40. The van der Waals surface area contributed by atoms with Crippen molar-refractivity contribution in [1.29, 1.82) is 0 Å². The summed E-state index contributed by atoms with van der Waals surface area (Å²) in [4.78, 5) is 2.45. The maximum Gasteiger partial charge on any atom is 0.132 e. The summed E-state index contributed by atoms with van der Waals surface area (Å²) in [7, 11) is 0. The second-order valence-electron chi connectivity index (χ2n) is 17.5. The van der Waals surface area contributed by atoms with Crippen LogP contribution in [0.1, 0.15) is 44.5 Å². The third kappa shape index (κ3) is 4.79. The molecule has 0 saturated carbocycles. The molecule has 4 aliphatic rings. The fourth-order valence-corrected chi connectivity index (χ4v) is 11.9. The Morgan fingerprint density at radius 1 is 0.277 bits per heavy atom. The Morgan fingerprint density at radius 2 is 0.708 bits per heavy atom. The summed E-state index contributed by atoms with van der Waals surface area (Å²) in [6.07, 6.45) is 0. The molecule has 2 aliphatic carbocycles. The molecule has 0 bridgehead atoms. The molecule has 2 aliphatic heterocycles. The summed E-state index contributed by atoms with van der Waals surface area (Å²) in [6.45, 7) is 0. The van der Waals surface area contributed by atoms with Crippen molar-refractivity contribution in [1.82, 2.24) is 0 Å². The quantitative estimate of drug-likeness (QED) is 0.176. The topological polar surface area (TPSA) is 21.7 Å². The van der Waals surface area contributed by atoms with Crippen LogP contribution >= 0.6 is 0 Å². The van der Waals surface area contributed by atoms with Gasteiger partial charge in [-0.3, -0.25) is 0 Å². The number of anilines is 3. The molecular weight excluding hydrogens is 791 g/mol. The Balaban J connectivity index is 0.984. The van der Waals surface area contributed by atoms with Crippen molar-refractivity contribution >= 4 is 17.1 Å². The minimum atomic E-state index is -0.572. The van der Waals surface area contributed by atoms with Crippen LogP contribution in [0.25, 0.3) is 33.4 Å². The van der Waals surface area contributed by atoms with Gasteiger partial charge in [0.05, 0.1) is 16.5 Å². The molecule has 3 heteroatoms. The van der Waals surface area contributed by atoms with Gasteiger partial charge in [-0.15, -0.1) is 0 Å². The second kappa shape index (κ2) is 13.6. The molecule has 0 aromatic heterocycles. The van der Waals surface area contributed by atoms with Gasteiger partial charge in [-0.05, 0) is 111 Å². The van der Waals surface area contributed by atoms with Gasteiger partial charge in [-0.2, -0.15) is 0 Å². The molecule has 304 valence electrons. The summed E-state index contributed by atoms with van der Waals surface area (Å²) in [5.41, 5.74) is 19.1. The Morgan fingerprint density at radius 3 is 1.32 bits per heavy atom. The van der Waals surface area contributed by atoms with E-state index in [1.54, 1.807) is 0 Å². The van der Waals surface area contributed by atoms with Crippen LogP contribution in [-0.4, -0.2) is 0 Å². The van der Waals surface area contributed by atoms with Crippen LogP contribution in [0.4, 0.5) is 17.1 Å². The minimum absolute atomic E-state index is 0.545. The molecule has 0 amide bonds. The summed E-state index contributed by atoms with van der Waals surface area (Å²) >= 11 is 0. The zero-order chi connectivity index (χ0) is 42.7. The summed E-state index contributed by atoms with van der Waals surface area (Å²) in [6, 6.07) is 86.1. The van der Waals surface area contributed by atoms with E-state index in [0.717, 1.165) is 73.4 Å². The average molecular weight is 830 g/mol. The normalized spacial score (nSPS) is 14.3. The molecule has 0 radical (unpaired) electrons. The van der Waals surface area contributed by atoms with Crippen LogP contribution in [0.3, 0.4) is 0 Å². The molecular formula is C62H39NO2. The first-order valence-corrected chi connectivity index (χ1v) is 22.4. The van der Waals surface area contributed by atoms with E-state index in [1.165, 1.54) is 44.5 Å². The molecule has 0 fully saturated rings. The molecule has 0 saturated heterocycles. The first kappa shape index (κ1) is 36.1. The average Bonchev–Trinajstić information content (AvgIpc) is 3.83. The van der Waals surface area contributed by atoms with Crippen molar-refractivity contribution in [3.63, 3.8) is 0 Å². The van der Waals surface area contributed by atoms with Gasteiger partial charge in [-0.25, -0.2) is 0 Å². The highest BCUT2D eigenvalue weighted by molar-refractivity contribution is 5.99. The SMILES string of the molecule is c1ccc(N(c2cccc(-c3ccc4c(c3)C3(c5ccccc5Oc5ccccc53)c3ccccc3-4)c2)c2cccc3c2-c2ccccc2C32c3ccccc3Oc3ccccc32)cc1. The van der Waals surface area contributed by atoms with Gasteiger partial charge >= 0.3 is 0 Å². The summed E-state index contributed by atoms with van der Waals surface area (Å²) in [5.74, 6) is 3.56. The predicted octanol–water partition coefficient (Wildman–Crippen LogP) is 15.8. The number of hydrogen-bond donors (Lipinski definition) is 0. The lowest BCUT2D eigenvalue weighted by Gasteiger charge is -2.39. The van der Waals surface area contributed by atoms with Crippen LogP contribution in [0, 0.1) is 0 Å². The third-order valence-electron chi connectivity index (χ3n) is 14.4. The van der Waals surface area contributed by atoms with Crippen molar-refractivity contribution in [3.05, 3.63) is 281 Å². The van der Waals surface area contributed by atoms with Crippen molar-refractivity contribution in [2.24, 2.45) is 0 Å². The van der Waals surface area contributed by atoms with E-state index in [-0.39, 0.29) is 0 Å². The van der Waals surface area contributed by atoms with E-state index >= 15 is 0 Å². The first-order chi connectivity index (χ1) is 32.2. The summed E-state index contributed by atoms with van der Waals surface area (Å²) < 4.78 is 13.3. The Bertz CT molecular complexity index is 3500. The zero-order valence-electron chi connectivity index (χ0n) is 35.3. The van der Waals surface area contributed by atoms with Gasteiger partial charge < -0.3 is 14.4 Å². The zero-order valence-corrected chi connectivity index (χ0v) is 35.3. The highest BCUT2D eigenvalue weighted by atomic mass is 16.5. The molecule has 3 nitrogen and oxygen atoms in total. The van der Waals surface area contributed by atoms with E-state index in [9.17, 15) is 0 Å². The Kier molecular flexibility index (Phi) is 7.53.